The molecule has 3 heteroatoms. The van der Waals surface area contributed by atoms with Crippen LogP contribution in [-0.2, 0) is 0 Å². The van der Waals surface area contributed by atoms with Crippen molar-refractivity contribution in [2.24, 2.45) is 5.73 Å². The van der Waals surface area contributed by atoms with Gasteiger partial charge < -0.3 is 10.8 Å². The van der Waals surface area contributed by atoms with Crippen molar-refractivity contribution >= 4 is 11.6 Å². The van der Waals surface area contributed by atoms with E-state index in [0.29, 0.717) is 5.02 Å². The summed E-state index contributed by atoms with van der Waals surface area (Å²) in [6, 6.07) is 3.37. The van der Waals surface area contributed by atoms with Crippen molar-refractivity contribution in [2.45, 2.75) is 32.9 Å². The van der Waals surface area contributed by atoms with Gasteiger partial charge >= 0.3 is 0 Å². The third-order valence-electron chi connectivity index (χ3n) is 2.49. The average Bonchev–Trinajstić information content (AvgIpc) is 2.09. The lowest BCUT2D eigenvalue weighted by molar-refractivity contribution is 0.152. The van der Waals surface area contributed by atoms with E-state index in [1.807, 2.05) is 19.9 Å². The van der Waals surface area contributed by atoms with Gasteiger partial charge in [0, 0.05) is 11.1 Å². The minimum Gasteiger partial charge on any atom is -0.387 e. The highest BCUT2D eigenvalue weighted by molar-refractivity contribution is 6.30. The van der Waals surface area contributed by atoms with Crippen LogP contribution in [0, 0.1) is 13.8 Å². The first-order valence-electron chi connectivity index (χ1n) is 4.63. The molecule has 0 amide bonds. The molecule has 0 saturated carbocycles. The lowest BCUT2D eigenvalue weighted by Crippen LogP contribution is -2.25. The molecule has 0 heterocycles. The minimum absolute atomic E-state index is 0.286. The molecule has 78 valence electrons. The van der Waals surface area contributed by atoms with Gasteiger partial charge in [0.2, 0.25) is 0 Å². The van der Waals surface area contributed by atoms with Crippen LogP contribution >= 0.6 is 11.6 Å². The predicted octanol–water partition coefficient (Wildman–Crippen LogP) is 2.34. The van der Waals surface area contributed by atoms with Gasteiger partial charge in [-0.05, 0) is 49.6 Å². The molecule has 0 radical (unpaired) electrons. The van der Waals surface area contributed by atoms with Gasteiger partial charge in [-0.25, -0.2) is 0 Å². The Morgan fingerprint density at radius 2 is 1.93 bits per heavy atom. The molecule has 2 nitrogen and oxygen atoms in total. The Morgan fingerprint density at radius 1 is 1.36 bits per heavy atom. The van der Waals surface area contributed by atoms with Crippen LogP contribution in [0.1, 0.15) is 29.7 Å². The molecule has 14 heavy (non-hydrogen) atoms. The molecule has 0 aliphatic heterocycles. The monoisotopic (exact) mass is 213 g/mol. The van der Waals surface area contributed by atoms with Crippen LogP contribution in [0.5, 0.6) is 0 Å². The fraction of sp³-hybridized carbons (Fsp3) is 0.455. The molecular formula is C11H16ClNO. The predicted molar refractivity (Wildman–Crippen MR) is 59.5 cm³/mol. The molecule has 0 fully saturated rings. The van der Waals surface area contributed by atoms with Gasteiger partial charge in [-0.15, -0.1) is 0 Å². The Kier molecular flexibility index (Phi) is 3.53. The van der Waals surface area contributed by atoms with E-state index >= 15 is 0 Å². The Hall–Kier alpha value is -0.570. The summed E-state index contributed by atoms with van der Waals surface area (Å²) in [4.78, 5) is 0. The fourth-order valence-electron chi connectivity index (χ4n) is 1.43. The molecule has 0 saturated heterocycles. The number of nitrogens with two attached hydrogens (primary N) is 1. The smallest absolute Gasteiger partial charge is 0.0941 e. The highest BCUT2D eigenvalue weighted by Gasteiger charge is 2.16. The quantitative estimate of drug-likeness (QED) is 0.792. The summed E-state index contributed by atoms with van der Waals surface area (Å²) < 4.78 is 0. The van der Waals surface area contributed by atoms with Gasteiger partial charge in [0.1, 0.15) is 0 Å². The third kappa shape index (κ3) is 2.27. The summed E-state index contributed by atoms with van der Waals surface area (Å²) in [5.74, 6) is 0. The van der Waals surface area contributed by atoms with Crippen LogP contribution in [0.4, 0.5) is 0 Å². The topological polar surface area (TPSA) is 46.2 Å². The maximum absolute atomic E-state index is 9.84. The first-order valence-corrected chi connectivity index (χ1v) is 5.01. The number of benzene rings is 1. The molecule has 0 aromatic heterocycles. The number of hydrogen-bond acceptors (Lipinski definition) is 2. The van der Waals surface area contributed by atoms with E-state index in [0.717, 1.165) is 16.7 Å². The van der Waals surface area contributed by atoms with Crippen LogP contribution in [0.25, 0.3) is 0 Å². The molecule has 1 aromatic rings. The first kappa shape index (κ1) is 11.5. The van der Waals surface area contributed by atoms with E-state index in [2.05, 4.69) is 0 Å². The SMILES string of the molecule is Cc1cc(Cl)cc(C(O)C(C)N)c1C. The Balaban J connectivity index is 3.20. The number of halogens is 1. The number of rotatable bonds is 2. The van der Waals surface area contributed by atoms with E-state index in [1.165, 1.54) is 0 Å². The Morgan fingerprint density at radius 3 is 2.43 bits per heavy atom. The van der Waals surface area contributed by atoms with Crippen molar-refractivity contribution < 1.29 is 5.11 Å². The average molecular weight is 214 g/mol. The van der Waals surface area contributed by atoms with E-state index in [4.69, 9.17) is 17.3 Å². The molecule has 0 aliphatic rings. The fourth-order valence-corrected chi connectivity index (χ4v) is 1.71. The minimum atomic E-state index is -0.646. The maximum Gasteiger partial charge on any atom is 0.0941 e. The first-order chi connectivity index (χ1) is 6.43. The normalized spacial score (nSPS) is 15.3. The molecule has 2 unspecified atom stereocenters. The van der Waals surface area contributed by atoms with E-state index in [9.17, 15) is 5.11 Å². The van der Waals surface area contributed by atoms with Crippen molar-refractivity contribution in [1.82, 2.24) is 0 Å². The van der Waals surface area contributed by atoms with Gasteiger partial charge in [0.25, 0.3) is 0 Å². The van der Waals surface area contributed by atoms with E-state index in [1.54, 1.807) is 13.0 Å². The van der Waals surface area contributed by atoms with Gasteiger partial charge in [-0.3, -0.25) is 0 Å². The maximum atomic E-state index is 9.84. The zero-order chi connectivity index (χ0) is 10.9. The van der Waals surface area contributed by atoms with E-state index in [-0.39, 0.29) is 6.04 Å². The summed E-state index contributed by atoms with van der Waals surface area (Å²) in [5.41, 5.74) is 8.60. The second kappa shape index (κ2) is 4.30. The molecule has 1 aromatic carbocycles. The number of hydrogen-bond donors (Lipinski definition) is 2. The van der Waals surface area contributed by atoms with Crippen LogP contribution in [-0.4, -0.2) is 11.1 Å². The second-order valence-corrected chi connectivity index (χ2v) is 4.18. The third-order valence-corrected chi connectivity index (χ3v) is 2.71. The second-order valence-electron chi connectivity index (χ2n) is 3.74. The summed E-state index contributed by atoms with van der Waals surface area (Å²) >= 11 is 5.92. The number of aliphatic hydroxyl groups is 1. The van der Waals surface area contributed by atoms with Crippen LogP contribution in [0.15, 0.2) is 12.1 Å². The van der Waals surface area contributed by atoms with Crippen molar-refractivity contribution in [3.8, 4) is 0 Å². The van der Waals surface area contributed by atoms with Crippen LogP contribution < -0.4 is 5.73 Å². The van der Waals surface area contributed by atoms with Crippen molar-refractivity contribution in [1.29, 1.82) is 0 Å². The summed E-state index contributed by atoms with van der Waals surface area (Å²) in [7, 11) is 0. The zero-order valence-corrected chi connectivity index (χ0v) is 9.47. The van der Waals surface area contributed by atoms with Crippen LogP contribution in [0.2, 0.25) is 5.02 Å². The largest absolute Gasteiger partial charge is 0.387 e. The number of aliphatic hydroxyl groups excluding tert-OH is 1. The lowest BCUT2D eigenvalue weighted by Gasteiger charge is -2.18. The summed E-state index contributed by atoms with van der Waals surface area (Å²) in [5, 5.41) is 10.5. The van der Waals surface area contributed by atoms with Gasteiger partial charge in [-0.2, -0.15) is 0 Å². The highest BCUT2D eigenvalue weighted by Crippen LogP contribution is 2.26. The summed E-state index contributed by atoms with van der Waals surface area (Å²) in [6.07, 6.45) is -0.646. The van der Waals surface area contributed by atoms with Crippen molar-refractivity contribution in [3.63, 3.8) is 0 Å². The van der Waals surface area contributed by atoms with Gasteiger partial charge in [0.05, 0.1) is 6.10 Å². The van der Waals surface area contributed by atoms with Crippen LogP contribution in [0.3, 0.4) is 0 Å². The molecular weight excluding hydrogens is 198 g/mol. The number of aryl methyl sites for hydroxylation is 1. The Bertz CT molecular complexity index is 336. The Labute approximate surface area is 89.7 Å². The summed E-state index contributed by atoms with van der Waals surface area (Å²) in [6.45, 7) is 5.71. The molecule has 3 N–H and O–H groups in total. The highest BCUT2D eigenvalue weighted by atomic mass is 35.5. The molecule has 2 atom stereocenters. The van der Waals surface area contributed by atoms with Gasteiger partial charge in [-0.1, -0.05) is 11.6 Å². The zero-order valence-electron chi connectivity index (χ0n) is 8.71. The molecule has 0 spiro atoms. The molecule has 0 bridgehead atoms. The van der Waals surface area contributed by atoms with E-state index < -0.39 is 6.10 Å². The van der Waals surface area contributed by atoms with Gasteiger partial charge in [0.15, 0.2) is 0 Å². The standard InChI is InChI=1S/C11H16ClNO/c1-6-4-9(12)5-10(7(6)2)11(14)8(3)13/h4-5,8,11,14H,13H2,1-3H3. The molecule has 0 aliphatic carbocycles. The van der Waals surface area contributed by atoms with Crippen molar-refractivity contribution in [2.75, 3.05) is 0 Å². The lowest BCUT2D eigenvalue weighted by atomic mass is 9.96. The van der Waals surface area contributed by atoms with Crippen molar-refractivity contribution in [3.05, 3.63) is 33.8 Å². The molecule has 1 rings (SSSR count).